The average molecular weight is 377 g/mol. The third-order valence-electron chi connectivity index (χ3n) is 4.32. The third kappa shape index (κ3) is 4.76. The molecule has 0 aliphatic heterocycles. The Morgan fingerprint density at radius 1 is 0.929 bits per heavy atom. The zero-order chi connectivity index (χ0) is 19.9. The molecule has 0 saturated carbocycles. The SMILES string of the molecule is CCN(CC)c1ccc(Nc2cc(Nc3cccc(C(=O)O)c3)ncn2)cc1. The molecule has 0 unspecified atom stereocenters. The van der Waals surface area contributed by atoms with E-state index >= 15 is 0 Å². The average Bonchev–Trinajstić information content (AvgIpc) is 2.71. The Balaban J connectivity index is 1.71. The summed E-state index contributed by atoms with van der Waals surface area (Å²) in [4.78, 5) is 21.8. The number of nitrogens with one attached hydrogen (secondary N) is 2. The lowest BCUT2D eigenvalue weighted by molar-refractivity contribution is 0.0697. The predicted molar refractivity (Wildman–Crippen MR) is 112 cm³/mol. The highest BCUT2D eigenvalue weighted by molar-refractivity contribution is 5.89. The van der Waals surface area contributed by atoms with Crippen LogP contribution in [0.15, 0.2) is 60.9 Å². The van der Waals surface area contributed by atoms with Crippen molar-refractivity contribution in [3.8, 4) is 0 Å². The van der Waals surface area contributed by atoms with Crippen LogP contribution in [0.25, 0.3) is 0 Å². The van der Waals surface area contributed by atoms with Crippen molar-refractivity contribution >= 4 is 34.7 Å². The molecule has 2 aromatic carbocycles. The number of hydrogen-bond donors (Lipinski definition) is 3. The van der Waals surface area contributed by atoms with Gasteiger partial charge < -0.3 is 20.6 Å². The smallest absolute Gasteiger partial charge is 0.335 e. The van der Waals surface area contributed by atoms with Crippen LogP contribution < -0.4 is 15.5 Å². The summed E-state index contributed by atoms with van der Waals surface area (Å²) in [6, 6.07) is 16.5. The first-order chi connectivity index (χ1) is 13.6. The molecule has 0 aliphatic carbocycles. The molecule has 3 rings (SSSR count). The van der Waals surface area contributed by atoms with Crippen LogP contribution >= 0.6 is 0 Å². The highest BCUT2D eigenvalue weighted by atomic mass is 16.4. The van der Waals surface area contributed by atoms with Crippen LogP contribution in [0.4, 0.5) is 28.7 Å². The fraction of sp³-hybridized carbons (Fsp3) is 0.190. The normalized spacial score (nSPS) is 10.4. The summed E-state index contributed by atoms with van der Waals surface area (Å²) in [5.74, 6) is 0.240. The first-order valence-corrected chi connectivity index (χ1v) is 9.13. The molecule has 0 amide bonds. The van der Waals surface area contributed by atoms with Crippen LogP contribution in [0.3, 0.4) is 0 Å². The minimum atomic E-state index is -0.971. The van der Waals surface area contributed by atoms with Gasteiger partial charge in [0.1, 0.15) is 18.0 Å². The molecule has 7 heteroatoms. The van der Waals surface area contributed by atoms with Crippen molar-refractivity contribution in [2.45, 2.75) is 13.8 Å². The van der Waals surface area contributed by atoms with Crippen LogP contribution in [-0.2, 0) is 0 Å². The molecular weight excluding hydrogens is 354 g/mol. The first-order valence-electron chi connectivity index (χ1n) is 9.13. The molecular formula is C21H23N5O2. The van der Waals surface area contributed by atoms with E-state index in [1.807, 2.05) is 12.1 Å². The van der Waals surface area contributed by atoms with E-state index in [0.29, 0.717) is 17.3 Å². The number of carboxylic acids is 1. The molecule has 1 aromatic heterocycles. The number of aromatic nitrogens is 2. The van der Waals surface area contributed by atoms with Crippen LogP contribution in [-0.4, -0.2) is 34.1 Å². The van der Waals surface area contributed by atoms with Crippen molar-refractivity contribution in [2.75, 3.05) is 28.6 Å². The summed E-state index contributed by atoms with van der Waals surface area (Å²) < 4.78 is 0. The second-order valence-corrected chi connectivity index (χ2v) is 6.14. The van der Waals surface area contributed by atoms with Gasteiger partial charge in [-0.3, -0.25) is 0 Å². The predicted octanol–water partition coefficient (Wildman–Crippen LogP) is 4.51. The Hall–Kier alpha value is -3.61. The van der Waals surface area contributed by atoms with Gasteiger partial charge in [-0.1, -0.05) is 6.07 Å². The Morgan fingerprint density at radius 2 is 1.57 bits per heavy atom. The highest BCUT2D eigenvalue weighted by Crippen LogP contribution is 2.22. The lowest BCUT2D eigenvalue weighted by Gasteiger charge is -2.21. The topological polar surface area (TPSA) is 90.4 Å². The number of carbonyl (C=O) groups is 1. The standard InChI is InChI=1S/C21H23N5O2/c1-3-26(4-2)18-10-8-16(9-11-18)24-19-13-20(23-14-22-19)25-17-7-5-6-15(12-17)21(27)28/h5-14H,3-4H2,1-2H3,(H,27,28)(H2,22,23,24,25). The fourth-order valence-electron chi connectivity index (χ4n) is 2.86. The Kier molecular flexibility index (Phi) is 6.06. The van der Waals surface area contributed by atoms with E-state index in [4.69, 9.17) is 5.11 Å². The molecule has 28 heavy (non-hydrogen) atoms. The summed E-state index contributed by atoms with van der Waals surface area (Å²) in [6.07, 6.45) is 1.45. The van der Waals surface area contributed by atoms with Gasteiger partial charge in [0, 0.05) is 36.2 Å². The molecule has 0 radical (unpaired) electrons. The van der Waals surface area contributed by atoms with E-state index < -0.39 is 5.97 Å². The van der Waals surface area contributed by atoms with Gasteiger partial charge in [0.2, 0.25) is 0 Å². The van der Waals surface area contributed by atoms with E-state index in [1.165, 1.54) is 12.0 Å². The van der Waals surface area contributed by atoms with Crippen LogP contribution in [0.2, 0.25) is 0 Å². The largest absolute Gasteiger partial charge is 0.478 e. The van der Waals surface area contributed by atoms with Gasteiger partial charge in [0.25, 0.3) is 0 Å². The maximum atomic E-state index is 11.1. The molecule has 1 heterocycles. The summed E-state index contributed by atoms with van der Waals surface area (Å²) >= 11 is 0. The van der Waals surface area contributed by atoms with E-state index in [-0.39, 0.29) is 5.56 Å². The third-order valence-corrected chi connectivity index (χ3v) is 4.32. The number of nitrogens with zero attached hydrogens (tertiary/aromatic N) is 3. The van der Waals surface area contributed by atoms with E-state index in [1.54, 1.807) is 30.3 Å². The number of hydrogen-bond acceptors (Lipinski definition) is 6. The van der Waals surface area contributed by atoms with E-state index in [0.717, 1.165) is 18.8 Å². The van der Waals surface area contributed by atoms with Crippen molar-refractivity contribution in [2.24, 2.45) is 0 Å². The summed E-state index contributed by atoms with van der Waals surface area (Å²) in [7, 11) is 0. The molecule has 0 spiro atoms. The van der Waals surface area contributed by atoms with Crippen LogP contribution in [0.1, 0.15) is 24.2 Å². The van der Waals surface area contributed by atoms with Gasteiger partial charge in [-0.2, -0.15) is 0 Å². The molecule has 0 saturated heterocycles. The van der Waals surface area contributed by atoms with Gasteiger partial charge in [-0.25, -0.2) is 14.8 Å². The van der Waals surface area contributed by atoms with Crippen LogP contribution in [0, 0.1) is 0 Å². The molecule has 3 aromatic rings. The number of rotatable bonds is 8. The quantitative estimate of drug-likeness (QED) is 0.532. The van der Waals surface area contributed by atoms with Gasteiger partial charge >= 0.3 is 5.97 Å². The lowest BCUT2D eigenvalue weighted by Crippen LogP contribution is -2.21. The van der Waals surface area contributed by atoms with Gasteiger partial charge in [-0.05, 0) is 56.3 Å². The van der Waals surface area contributed by atoms with Gasteiger partial charge in [0.05, 0.1) is 5.56 Å². The maximum Gasteiger partial charge on any atom is 0.335 e. The van der Waals surface area contributed by atoms with Crippen molar-refractivity contribution in [1.29, 1.82) is 0 Å². The maximum absolute atomic E-state index is 11.1. The first kappa shape index (κ1) is 19.2. The van der Waals surface area contributed by atoms with Crippen molar-refractivity contribution in [1.82, 2.24) is 9.97 Å². The molecule has 0 atom stereocenters. The number of carboxylic acid groups (broad SMARTS) is 1. The summed E-state index contributed by atoms with van der Waals surface area (Å²) in [6.45, 7) is 6.20. The second kappa shape index (κ2) is 8.85. The Labute approximate surface area is 164 Å². The fourth-order valence-corrected chi connectivity index (χ4v) is 2.86. The summed E-state index contributed by atoms with van der Waals surface area (Å²) in [5.41, 5.74) is 2.96. The lowest BCUT2D eigenvalue weighted by atomic mass is 10.2. The Bertz CT molecular complexity index is 940. The van der Waals surface area contributed by atoms with Crippen molar-refractivity contribution < 1.29 is 9.90 Å². The van der Waals surface area contributed by atoms with Gasteiger partial charge in [0.15, 0.2) is 0 Å². The molecule has 7 nitrogen and oxygen atoms in total. The van der Waals surface area contributed by atoms with E-state index in [2.05, 4.69) is 51.5 Å². The molecule has 144 valence electrons. The molecule has 0 fully saturated rings. The zero-order valence-electron chi connectivity index (χ0n) is 15.9. The zero-order valence-corrected chi connectivity index (χ0v) is 15.9. The number of aromatic carboxylic acids is 1. The highest BCUT2D eigenvalue weighted by Gasteiger charge is 2.06. The number of anilines is 5. The number of benzene rings is 2. The molecule has 3 N–H and O–H groups in total. The van der Waals surface area contributed by atoms with Crippen molar-refractivity contribution in [3.05, 3.63) is 66.5 Å². The Morgan fingerprint density at radius 3 is 2.18 bits per heavy atom. The van der Waals surface area contributed by atoms with Crippen LogP contribution in [0.5, 0.6) is 0 Å². The monoisotopic (exact) mass is 377 g/mol. The van der Waals surface area contributed by atoms with Gasteiger partial charge in [-0.15, -0.1) is 0 Å². The van der Waals surface area contributed by atoms with E-state index in [9.17, 15) is 4.79 Å². The van der Waals surface area contributed by atoms with Crippen molar-refractivity contribution in [3.63, 3.8) is 0 Å². The molecule has 0 bridgehead atoms. The minimum absolute atomic E-state index is 0.214. The second-order valence-electron chi connectivity index (χ2n) is 6.14. The molecule has 0 aliphatic rings. The summed E-state index contributed by atoms with van der Waals surface area (Å²) in [5, 5.41) is 15.5. The minimum Gasteiger partial charge on any atom is -0.478 e.